The van der Waals surface area contributed by atoms with E-state index in [4.69, 9.17) is 16.6 Å². The minimum atomic E-state index is 0.621. The fourth-order valence-corrected chi connectivity index (χ4v) is 4.61. The summed E-state index contributed by atoms with van der Waals surface area (Å²) in [7, 11) is 2.03. The number of nitrogens with zero attached hydrogens (tertiary/aromatic N) is 4. The monoisotopic (exact) mass is 326 g/mol. The van der Waals surface area contributed by atoms with Gasteiger partial charge in [-0.15, -0.1) is 11.6 Å². The van der Waals surface area contributed by atoms with Crippen LogP contribution in [0.2, 0.25) is 0 Å². The summed E-state index contributed by atoms with van der Waals surface area (Å²) in [6.45, 7) is 3.18. The molecule has 1 aliphatic rings. The van der Waals surface area contributed by atoms with Crippen molar-refractivity contribution < 1.29 is 0 Å². The third-order valence-corrected chi connectivity index (χ3v) is 5.75. The molecule has 4 nitrogen and oxygen atoms in total. The summed E-state index contributed by atoms with van der Waals surface area (Å²) in [6.07, 6.45) is 5.78. The quantitative estimate of drug-likeness (QED) is 0.790. The zero-order valence-electron chi connectivity index (χ0n) is 12.8. The van der Waals surface area contributed by atoms with Gasteiger partial charge in [-0.2, -0.15) is 16.9 Å². The lowest BCUT2D eigenvalue weighted by Crippen LogP contribution is -2.19. The SMILES string of the molecule is CCc1nn(C)c2c1nc(CCCl)n2CC1CCCCS1. The fraction of sp³-hybridized carbons (Fsp3) is 0.733. The molecule has 0 aromatic carbocycles. The molecule has 1 unspecified atom stereocenters. The summed E-state index contributed by atoms with van der Waals surface area (Å²) in [5.74, 6) is 3.03. The molecule has 3 heterocycles. The molecule has 1 fully saturated rings. The highest BCUT2D eigenvalue weighted by molar-refractivity contribution is 7.99. The summed E-state index contributed by atoms with van der Waals surface area (Å²) in [5, 5.41) is 5.32. The molecule has 2 aromatic rings. The molecule has 0 spiro atoms. The number of halogens is 1. The molecule has 0 N–H and O–H groups in total. The summed E-state index contributed by atoms with van der Waals surface area (Å²) >= 11 is 8.08. The highest BCUT2D eigenvalue weighted by Gasteiger charge is 2.22. The van der Waals surface area contributed by atoms with Crippen molar-refractivity contribution >= 4 is 34.5 Å². The maximum Gasteiger partial charge on any atom is 0.158 e. The van der Waals surface area contributed by atoms with Crippen LogP contribution >= 0.6 is 23.4 Å². The first-order valence-corrected chi connectivity index (χ1v) is 9.41. The second-order valence-electron chi connectivity index (χ2n) is 5.66. The number of hydrogen-bond donors (Lipinski definition) is 0. The van der Waals surface area contributed by atoms with Crippen LogP contribution < -0.4 is 0 Å². The van der Waals surface area contributed by atoms with Crippen LogP contribution in [0, 0.1) is 0 Å². The van der Waals surface area contributed by atoms with Crippen LogP contribution in [-0.2, 0) is 26.4 Å². The Morgan fingerprint density at radius 1 is 1.38 bits per heavy atom. The van der Waals surface area contributed by atoms with Crippen molar-refractivity contribution in [3.8, 4) is 0 Å². The van der Waals surface area contributed by atoms with E-state index in [-0.39, 0.29) is 0 Å². The van der Waals surface area contributed by atoms with Gasteiger partial charge in [0.25, 0.3) is 0 Å². The van der Waals surface area contributed by atoms with Crippen LogP contribution in [0.25, 0.3) is 11.2 Å². The Bertz CT molecular complexity index is 613. The highest BCUT2D eigenvalue weighted by Crippen LogP contribution is 2.29. The number of fused-ring (bicyclic) bond motifs is 1. The Kier molecular flexibility index (Phi) is 4.79. The van der Waals surface area contributed by atoms with E-state index < -0.39 is 0 Å². The van der Waals surface area contributed by atoms with E-state index in [0.717, 1.165) is 42.1 Å². The number of rotatable bonds is 5. The van der Waals surface area contributed by atoms with Crippen LogP contribution in [0.15, 0.2) is 0 Å². The molecular weight excluding hydrogens is 304 g/mol. The topological polar surface area (TPSA) is 35.6 Å². The molecule has 21 heavy (non-hydrogen) atoms. The summed E-state index contributed by atoms with van der Waals surface area (Å²) in [4.78, 5) is 4.85. The Balaban J connectivity index is 2.00. The minimum Gasteiger partial charge on any atom is -0.312 e. The number of imidazole rings is 1. The lowest BCUT2D eigenvalue weighted by atomic mass is 10.2. The van der Waals surface area contributed by atoms with E-state index in [2.05, 4.69) is 28.4 Å². The average molecular weight is 327 g/mol. The lowest BCUT2D eigenvalue weighted by molar-refractivity contribution is 0.567. The molecule has 3 rings (SSSR count). The molecule has 1 aliphatic heterocycles. The second kappa shape index (κ2) is 6.61. The molecule has 116 valence electrons. The van der Waals surface area contributed by atoms with Crippen LogP contribution in [0.5, 0.6) is 0 Å². The number of aromatic nitrogens is 4. The first-order chi connectivity index (χ1) is 10.2. The van der Waals surface area contributed by atoms with E-state index in [1.54, 1.807) is 0 Å². The van der Waals surface area contributed by atoms with Crippen LogP contribution in [0.4, 0.5) is 0 Å². The van der Waals surface area contributed by atoms with Crippen molar-refractivity contribution in [1.82, 2.24) is 19.3 Å². The first-order valence-electron chi connectivity index (χ1n) is 7.83. The molecule has 0 bridgehead atoms. The molecule has 0 aliphatic carbocycles. The van der Waals surface area contributed by atoms with Gasteiger partial charge in [0, 0.05) is 31.1 Å². The van der Waals surface area contributed by atoms with E-state index in [1.807, 2.05) is 11.7 Å². The highest BCUT2D eigenvalue weighted by atomic mass is 35.5. The van der Waals surface area contributed by atoms with E-state index in [0.29, 0.717) is 11.1 Å². The number of aryl methyl sites for hydroxylation is 3. The number of hydrogen-bond acceptors (Lipinski definition) is 3. The normalized spacial score (nSPS) is 19.5. The van der Waals surface area contributed by atoms with Crippen molar-refractivity contribution in [2.24, 2.45) is 7.05 Å². The largest absolute Gasteiger partial charge is 0.312 e. The Morgan fingerprint density at radius 3 is 2.90 bits per heavy atom. The smallest absolute Gasteiger partial charge is 0.158 e. The number of alkyl halides is 1. The van der Waals surface area contributed by atoms with Crippen molar-refractivity contribution in [2.45, 2.75) is 50.8 Å². The minimum absolute atomic E-state index is 0.621. The van der Waals surface area contributed by atoms with Gasteiger partial charge in [0.05, 0.1) is 5.69 Å². The van der Waals surface area contributed by atoms with Gasteiger partial charge in [-0.1, -0.05) is 13.3 Å². The van der Waals surface area contributed by atoms with Crippen molar-refractivity contribution in [2.75, 3.05) is 11.6 Å². The predicted octanol–water partition coefficient (Wildman–Crippen LogP) is 3.40. The van der Waals surface area contributed by atoms with E-state index in [9.17, 15) is 0 Å². The van der Waals surface area contributed by atoms with Gasteiger partial charge in [-0.25, -0.2) is 4.98 Å². The first kappa shape index (κ1) is 15.2. The Labute approximate surface area is 135 Å². The molecule has 0 saturated carbocycles. The standard InChI is InChI=1S/C15H23ClN4S/c1-3-12-14-15(19(2)18-12)20(13(17-14)7-8-16)10-11-6-4-5-9-21-11/h11H,3-10H2,1-2H3. The van der Waals surface area contributed by atoms with Gasteiger partial charge in [-0.3, -0.25) is 4.68 Å². The van der Waals surface area contributed by atoms with Crippen molar-refractivity contribution in [3.63, 3.8) is 0 Å². The summed E-state index contributed by atoms with van der Waals surface area (Å²) < 4.78 is 4.36. The molecule has 0 amide bonds. The van der Waals surface area contributed by atoms with E-state index >= 15 is 0 Å². The Hall–Kier alpha value is -0.680. The maximum absolute atomic E-state index is 5.98. The van der Waals surface area contributed by atoms with Gasteiger partial charge in [0.15, 0.2) is 5.65 Å². The van der Waals surface area contributed by atoms with Crippen molar-refractivity contribution in [1.29, 1.82) is 0 Å². The second-order valence-corrected chi connectivity index (χ2v) is 7.45. The molecule has 0 radical (unpaired) electrons. The maximum atomic E-state index is 5.98. The molecule has 2 aromatic heterocycles. The molecule has 1 saturated heterocycles. The molecular formula is C15H23ClN4S. The van der Waals surface area contributed by atoms with Crippen LogP contribution in [0.3, 0.4) is 0 Å². The van der Waals surface area contributed by atoms with Gasteiger partial charge in [0.1, 0.15) is 11.3 Å². The van der Waals surface area contributed by atoms with Crippen LogP contribution in [0.1, 0.15) is 37.7 Å². The third kappa shape index (κ3) is 2.95. The van der Waals surface area contributed by atoms with Gasteiger partial charge in [0.2, 0.25) is 0 Å². The number of thioether (sulfide) groups is 1. The van der Waals surface area contributed by atoms with Crippen molar-refractivity contribution in [3.05, 3.63) is 11.5 Å². The predicted molar refractivity (Wildman–Crippen MR) is 90.4 cm³/mol. The molecule has 6 heteroatoms. The van der Waals surface area contributed by atoms with Gasteiger partial charge in [-0.05, 0) is 25.0 Å². The summed E-state index contributed by atoms with van der Waals surface area (Å²) in [6, 6.07) is 0. The van der Waals surface area contributed by atoms with Gasteiger partial charge >= 0.3 is 0 Å². The third-order valence-electron chi connectivity index (χ3n) is 4.18. The molecule has 1 atom stereocenters. The van der Waals surface area contributed by atoms with Gasteiger partial charge < -0.3 is 4.57 Å². The zero-order chi connectivity index (χ0) is 14.8. The van der Waals surface area contributed by atoms with E-state index in [1.165, 1.54) is 25.0 Å². The zero-order valence-corrected chi connectivity index (χ0v) is 14.4. The summed E-state index contributed by atoms with van der Waals surface area (Å²) in [5.41, 5.74) is 3.33. The lowest BCUT2D eigenvalue weighted by Gasteiger charge is -2.22. The fourth-order valence-electron chi connectivity index (χ4n) is 3.15. The Morgan fingerprint density at radius 2 is 2.24 bits per heavy atom. The average Bonchev–Trinajstić information content (AvgIpc) is 2.99. The van der Waals surface area contributed by atoms with Crippen LogP contribution in [-0.4, -0.2) is 36.2 Å².